The third kappa shape index (κ3) is 2.55. The summed E-state index contributed by atoms with van der Waals surface area (Å²) in [7, 11) is 2.10. The monoisotopic (exact) mass is 277 g/mol. The van der Waals surface area contributed by atoms with E-state index in [2.05, 4.69) is 17.3 Å². The van der Waals surface area contributed by atoms with Crippen LogP contribution in [0.3, 0.4) is 0 Å². The zero-order valence-electron chi connectivity index (χ0n) is 11.7. The first kappa shape index (κ1) is 13.5. The van der Waals surface area contributed by atoms with Crippen LogP contribution in [-0.2, 0) is 4.79 Å². The van der Waals surface area contributed by atoms with Gasteiger partial charge in [0.2, 0.25) is 5.91 Å². The first-order valence-corrected chi connectivity index (χ1v) is 7.14. The highest BCUT2D eigenvalue weighted by Gasteiger charge is 2.37. The first-order chi connectivity index (χ1) is 9.65. The van der Waals surface area contributed by atoms with Crippen molar-refractivity contribution in [3.8, 4) is 0 Å². The number of likely N-dealkylation sites (tertiary alicyclic amines) is 1. The van der Waals surface area contributed by atoms with Gasteiger partial charge in [-0.3, -0.25) is 10.1 Å². The maximum absolute atomic E-state index is 13.4. The normalized spacial score (nSPS) is 25.4. The molecule has 108 valence electrons. The number of carbonyl (C=O) groups is 1. The van der Waals surface area contributed by atoms with E-state index in [1.165, 1.54) is 12.1 Å². The van der Waals surface area contributed by atoms with E-state index in [0.717, 1.165) is 31.5 Å². The highest BCUT2D eigenvalue weighted by atomic mass is 19.1. The molecule has 5 heteroatoms. The van der Waals surface area contributed by atoms with Crippen molar-refractivity contribution in [2.45, 2.75) is 25.0 Å². The van der Waals surface area contributed by atoms with Gasteiger partial charge in [-0.15, -0.1) is 0 Å². The van der Waals surface area contributed by atoms with E-state index in [4.69, 9.17) is 0 Å². The van der Waals surface area contributed by atoms with Crippen molar-refractivity contribution >= 4 is 5.91 Å². The van der Waals surface area contributed by atoms with Crippen LogP contribution >= 0.6 is 0 Å². The van der Waals surface area contributed by atoms with Crippen molar-refractivity contribution in [2.75, 3.05) is 26.7 Å². The van der Waals surface area contributed by atoms with Crippen molar-refractivity contribution in [2.24, 2.45) is 0 Å². The minimum atomic E-state index is -0.257. The van der Waals surface area contributed by atoms with Crippen LogP contribution < -0.4 is 5.32 Å². The number of carbonyl (C=O) groups excluding carboxylic acids is 1. The van der Waals surface area contributed by atoms with E-state index in [-0.39, 0.29) is 23.9 Å². The number of nitrogens with zero attached hydrogens (tertiary/aromatic N) is 2. The molecular formula is C15H20FN3O. The summed E-state index contributed by atoms with van der Waals surface area (Å²) in [5.41, 5.74) is 0.828. The SMILES string of the molecule is CN1CCC(N2C(=O)CNC2c2cccc(F)c2)CC1. The van der Waals surface area contributed by atoms with E-state index in [0.29, 0.717) is 6.54 Å². The number of benzene rings is 1. The van der Waals surface area contributed by atoms with Gasteiger partial charge in [0.05, 0.1) is 6.54 Å². The molecular weight excluding hydrogens is 257 g/mol. The van der Waals surface area contributed by atoms with Gasteiger partial charge < -0.3 is 9.80 Å². The van der Waals surface area contributed by atoms with Crippen LogP contribution in [0, 0.1) is 5.82 Å². The molecule has 0 spiro atoms. The topological polar surface area (TPSA) is 35.6 Å². The molecule has 3 rings (SSSR count). The molecule has 20 heavy (non-hydrogen) atoms. The Labute approximate surface area is 118 Å². The van der Waals surface area contributed by atoms with Crippen molar-refractivity contribution in [1.82, 2.24) is 15.1 Å². The smallest absolute Gasteiger partial charge is 0.238 e. The Morgan fingerprint density at radius 2 is 2.05 bits per heavy atom. The van der Waals surface area contributed by atoms with Crippen molar-refractivity contribution in [3.05, 3.63) is 35.6 Å². The molecule has 2 aliphatic rings. The van der Waals surface area contributed by atoms with Gasteiger partial charge in [0, 0.05) is 6.04 Å². The molecule has 2 aliphatic heterocycles. The summed E-state index contributed by atoms with van der Waals surface area (Å²) in [4.78, 5) is 16.4. The summed E-state index contributed by atoms with van der Waals surface area (Å²) >= 11 is 0. The minimum absolute atomic E-state index is 0.119. The third-order valence-corrected chi connectivity index (χ3v) is 4.26. The Kier molecular flexibility index (Phi) is 3.72. The Balaban J connectivity index is 1.81. The lowest BCUT2D eigenvalue weighted by molar-refractivity contribution is -0.131. The van der Waals surface area contributed by atoms with Gasteiger partial charge in [-0.05, 0) is 50.7 Å². The Bertz CT molecular complexity index is 500. The Morgan fingerprint density at radius 1 is 1.30 bits per heavy atom. The minimum Gasteiger partial charge on any atom is -0.319 e. The lowest BCUT2D eigenvalue weighted by Crippen LogP contribution is -2.46. The van der Waals surface area contributed by atoms with Crippen LogP contribution in [-0.4, -0.2) is 48.4 Å². The zero-order chi connectivity index (χ0) is 14.1. The van der Waals surface area contributed by atoms with Gasteiger partial charge >= 0.3 is 0 Å². The van der Waals surface area contributed by atoms with Gasteiger partial charge in [0.25, 0.3) is 0 Å². The molecule has 2 heterocycles. The van der Waals surface area contributed by atoms with Gasteiger partial charge in [-0.2, -0.15) is 0 Å². The number of rotatable bonds is 2. The molecule has 2 fully saturated rings. The molecule has 1 N–H and O–H groups in total. The van der Waals surface area contributed by atoms with Gasteiger partial charge in [0.1, 0.15) is 12.0 Å². The summed E-state index contributed by atoms with van der Waals surface area (Å²) in [6.45, 7) is 2.35. The van der Waals surface area contributed by atoms with Crippen molar-refractivity contribution in [3.63, 3.8) is 0 Å². The van der Waals surface area contributed by atoms with Gasteiger partial charge in [-0.25, -0.2) is 4.39 Å². The first-order valence-electron chi connectivity index (χ1n) is 7.14. The molecule has 0 saturated carbocycles. The highest BCUT2D eigenvalue weighted by molar-refractivity contribution is 5.81. The molecule has 2 saturated heterocycles. The second-order valence-corrected chi connectivity index (χ2v) is 5.67. The second kappa shape index (κ2) is 5.50. The summed E-state index contributed by atoms with van der Waals surface area (Å²) in [5.74, 6) is -0.138. The summed E-state index contributed by atoms with van der Waals surface area (Å²) in [6, 6.07) is 6.77. The Hall–Kier alpha value is -1.46. The molecule has 1 aromatic carbocycles. The standard InChI is InChI=1S/C15H20FN3O/c1-18-7-5-13(6-8-18)19-14(20)10-17-15(19)11-3-2-4-12(16)9-11/h2-4,9,13,15,17H,5-8,10H2,1H3. The molecule has 1 aromatic rings. The van der Waals surface area contributed by atoms with E-state index < -0.39 is 0 Å². The summed E-state index contributed by atoms with van der Waals surface area (Å²) in [6.07, 6.45) is 1.78. The zero-order valence-corrected chi connectivity index (χ0v) is 11.7. The summed E-state index contributed by atoms with van der Waals surface area (Å²) < 4.78 is 13.4. The van der Waals surface area contributed by atoms with E-state index in [9.17, 15) is 9.18 Å². The van der Waals surface area contributed by atoms with E-state index in [1.54, 1.807) is 6.07 Å². The van der Waals surface area contributed by atoms with Crippen LogP contribution in [0.25, 0.3) is 0 Å². The molecule has 0 aromatic heterocycles. The third-order valence-electron chi connectivity index (χ3n) is 4.26. The average Bonchev–Trinajstić information content (AvgIpc) is 2.82. The Morgan fingerprint density at radius 3 is 2.75 bits per heavy atom. The number of piperidine rings is 1. The molecule has 1 amide bonds. The maximum Gasteiger partial charge on any atom is 0.238 e. The number of amides is 1. The van der Waals surface area contributed by atoms with Crippen molar-refractivity contribution < 1.29 is 9.18 Å². The van der Waals surface area contributed by atoms with Crippen molar-refractivity contribution in [1.29, 1.82) is 0 Å². The van der Waals surface area contributed by atoms with Crippen LogP contribution in [0.2, 0.25) is 0 Å². The van der Waals surface area contributed by atoms with Gasteiger partial charge in [-0.1, -0.05) is 12.1 Å². The number of hydrogen-bond donors (Lipinski definition) is 1. The molecule has 0 bridgehead atoms. The fourth-order valence-corrected chi connectivity index (χ4v) is 3.16. The molecule has 1 atom stereocenters. The van der Waals surface area contributed by atoms with E-state index in [1.807, 2.05) is 11.0 Å². The maximum atomic E-state index is 13.4. The van der Waals surface area contributed by atoms with Crippen LogP contribution in [0.15, 0.2) is 24.3 Å². The average molecular weight is 277 g/mol. The summed E-state index contributed by atoms with van der Waals surface area (Å²) in [5, 5.41) is 3.20. The largest absolute Gasteiger partial charge is 0.319 e. The van der Waals surface area contributed by atoms with Gasteiger partial charge in [0.15, 0.2) is 0 Å². The molecule has 1 unspecified atom stereocenters. The molecule has 4 nitrogen and oxygen atoms in total. The number of nitrogens with one attached hydrogen (secondary N) is 1. The van der Waals surface area contributed by atoms with Crippen LogP contribution in [0.4, 0.5) is 4.39 Å². The highest BCUT2D eigenvalue weighted by Crippen LogP contribution is 2.29. The molecule has 0 aliphatic carbocycles. The molecule has 0 radical (unpaired) electrons. The second-order valence-electron chi connectivity index (χ2n) is 5.67. The quantitative estimate of drug-likeness (QED) is 0.886. The predicted octanol–water partition coefficient (Wildman–Crippen LogP) is 1.35. The number of halogens is 1. The van der Waals surface area contributed by atoms with E-state index >= 15 is 0 Å². The van der Waals surface area contributed by atoms with Crippen LogP contribution in [0.5, 0.6) is 0 Å². The van der Waals surface area contributed by atoms with Crippen LogP contribution in [0.1, 0.15) is 24.6 Å². The predicted molar refractivity (Wildman–Crippen MR) is 74.5 cm³/mol. The fourth-order valence-electron chi connectivity index (χ4n) is 3.16. The number of hydrogen-bond acceptors (Lipinski definition) is 3. The lowest BCUT2D eigenvalue weighted by atomic mass is 10.0. The fraction of sp³-hybridized carbons (Fsp3) is 0.533. The lowest BCUT2D eigenvalue weighted by Gasteiger charge is -2.38.